The smallest absolute Gasteiger partial charge is 0.305 e. The van der Waals surface area contributed by atoms with Crippen LogP contribution in [0, 0.1) is 11.8 Å². The molecule has 5 nitrogen and oxygen atoms in total. The van der Waals surface area contributed by atoms with Crippen LogP contribution in [0.15, 0.2) is 12.2 Å². The maximum Gasteiger partial charge on any atom is 0.305 e. The molecule has 0 aromatic carbocycles. The van der Waals surface area contributed by atoms with E-state index >= 15 is 4.39 Å². The van der Waals surface area contributed by atoms with Crippen molar-refractivity contribution in [3.8, 4) is 0 Å². The molecule has 6 atom stereocenters. The van der Waals surface area contributed by atoms with E-state index in [4.69, 9.17) is 14.2 Å². The molecule has 0 bridgehead atoms. The minimum Gasteiger partial charge on any atom is -0.466 e. The Bertz CT molecular complexity index is 540. The summed E-state index contributed by atoms with van der Waals surface area (Å²) in [4.78, 5) is 11.4. The molecule has 2 fully saturated rings. The molecule has 1 N–H and O–H groups in total. The van der Waals surface area contributed by atoms with Crippen LogP contribution in [-0.2, 0) is 19.0 Å². The van der Waals surface area contributed by atoms with Gasteiger partial charge in [-0.3, -0.25) is 4.79 Å². The zero-order valence-electron chi connectivity index (χ0n) is 19.0. The number of aliphatic hydroxyl groups excluding tert-OH is 1. The summed E-state index contributed by atoms with van der Waals surface area (Å²) in [6.07, 6.45) is 9.39. The maximum atomic E-state index is 15.0. The van der Waals surface area contributed by atoms with Crippen LogP contribution in [0.4, 0.5) is 4.39 Å². The van der Waals surface area contributed by atoms with Gasteiger partial charge >= 0.3 is 5.97 Å². The molecule has 1 heterocycles. The number of halogens is 1. The minimum atomic E-state index is -1.15. The van der Waals surface area contributed by atoms with Crippen molar-refractivity contribution in [2.75, 3.05) is 13.2 Å². The van der Waals surface area contributed by atoms with Gasteiger partial charge in [0.1, 0.15) is 0 Å². The first-order valence-electron chi connectivity index (χ1n) is 11.9. The Hall–Kier alpha value is -0.980. The molecular formula is C24H41FO5. The molecule has 0 radical (unpaired) electrons. The average Bonchev–Trinajstić information content (AvgIpc) is 3.03. The van der Waals surface area contributed by atoms with Gasteiger partial charge in [-0.15, -0.1) is 0 Å². The summed E-state index contributed by atoms with van der Waals surface area (Å²) in [5, 5.41) is 10.6. The fraction of sp³-hybridized carbons (Fsp3) is 0.875. The summed E-state index contributed by atoms with van der Waals surface area (Å²) in [5.41, 5.74) is 0. The van der Waals surface area contributed by atoms with Crippen molar-refractivity contribution in [3.05, 3.63) is 12.2 Å². The Labute approximate surface area is 181 Å². The van der Waals surface area contributed by atoms with E-state index in [9.17, 15) is 9.90 Å². The van der Waals surface area contributed by atoms with E-state index in [1.54, 1.807) is 0 Å². The first-order chi connectivity index (χ1) is 14.5. The molecule has 2 rings (SSSR count). The molecule has 6 heteroatoms. The quantitative estimate of drug-likeness (QED) is 0.251. The van der Waals surface area contributed by atoms with E-state index in [0.717, 1.165) is 38.5 Å². The molecule has 3 unspecified atom stereocenters. The van der Waals surface area contributed by atoms with Gasteiger partial charge in [0, 0.05) is 25.9 Å². The number of fused-ring (bicyclic) bond motifs is 1. The van der Waals surface area contributed by atoms with Crippen molar-refractivity contribution in [1.82, 2.24) is 0 Å². The molecule has 1 aliphatic carbocycles. The van der Waals surface area contributed by atoms with E-state index in [0.29, 0.717) is 38.9 Å². The van der Waals surface area contributed by atoms with Gasteiger partial charge in [-0.05, 0) is 57.8 Å². The standard InChI is InChI=1S/C24H41FO5/c1-4-7-13-22(25)24(29-6-3)16-15-19-18(20(26)17-21(19)30-24)12-10-8-9-11-14-23(27)28-5-2/h8,10,18-22,26H,4-7,9,11-17H2,1-3H3/t18-,19?,20+,21-,22?,24?/m1/s1. The maximum absolute atomic E-state index is 15.0. The Morgan fingerprint density at radius 1 is 1.27 bits per heavy atom. The van der Waals surface area contributed by atoms with Crippen LogP contribution in [0.1, 0.15) is 85.0 Å². The van der Waals surface area contributed by atoms with Crippen LogP contribution in [-0.4, -0.2) is 48.5 Å². The lowest BCUT2D eigenvalue weighted by Gasteiger charge is -2.45. The molecule has 0 amide bonds. The highest BCUT2D eigenvalue weighted by Crippen LogP contribution is 2.48. The van der Waals surface area contributed by atoms with Gasteiger partial charge in [0.2, 0.25) is 0 Å². The van der Waals surface area contributed by atoms with Crippen molar-refractivity contribution in [3.63, 3.8) is 0 Å². The SMILES string of the molecule is CCCCC(F)C1(OCC)CCC2[C@@H](CC=CCCCC(=O)OCC)[C@@H](O)C[C@H]2O1. The molecule has 1 saturated carbocycles. The minimum absolute atomic E-state index is 0.129. The van der Waals surface area contributed by atoms with Gasteiger partial charge in [0.05, 0.1) is 18.8 Å². The number of aliphatic hydroxyl groups is 1. The number of rotatable bonds is 13. The summed E-state index contributed by atoms with van der Waals surface area (Å²) in [5.74, 6) is -0.939. The summed E-state index contributed by atoms with van der Waals surface area (Å²) >= 11 is 0. The lowest BCUT2D eigenvalue weighted by Crippen LogP contribution is -2.52. The Balaban J connectivity index is 1.86. The summed E-state index contributed by atoms with van der Waals surface area (Å²) in [6, 6.07) is 0. The third-order valence-corrected chi connectivity index (χ3v) is 6.48. The largest absolute Gasteiger partial charge is 0.466 e. The monoisotopic (exact) mass is 428 g/mol. The topological polar surface area (TPSA) is 65.0 Å². The second-order valence-corrected chi connectivity index (χ2v) is 8.58. The lowest BCUT2D eigenvalue weighted by atomic mass is 9.82. The molecule has 0 aromatic heterocycles. The first-order valence-corrected chi connectivity index (χ1v) is 11.9. The Morgan fingerprint density at radius 2 is 2.07 bits per heavy atom. The Kier molecular flexibility index (Phi) is 10.8. The van der Waals surface area contributed by atoms with Crippen LogP contribution >= 0.6 is 0 Å². The van der Waals surface area contributed by atoms with Gasteiger partial charge in [0.25, 0.3) is 0 Å². The van der Waals surface area contributed by atoms with E-state index in [1.807, 2.05) is 13.8 Å². The zero-order valence-corrected chi connectivity index (χ0v) is 19.0. The predicted octanol–water partition coefficient (Wildman–Crippen LogP) is 5.10. The number of hydrogen-bond donors (Lipinski definition) is 1. The zero-order chi connectivity index (χ0) is 22.0. The van der Waals surface area contributed by atoms with Crippen LogP contribution < -0.4 is 0 Å². The average molecular weight is 429 g/mol. The molecule has 0 spiro atoms. The van der Waals surface area contributed by atoms with Crippen molar-refractivity contribution in [2.24, 2.45) is 11.8 Å². The number of esters is 1. The highest BCUT2D eigenvalue weighted by molar-refractivity contribution is 5.69. The van der Waals surface area contributed by atoms with E-state index in [1.165, 1.54) is 0 Å². The highest BCUT2D eigenvalue weighted by atomic mass is 19.1. The van der Waals surface area contributed by atoms with E-state index < -0.39 is 18.1 Å². The second kappa shape index (κ2) is 12.8. The Morgan fingerprint density at radius 3 is 2.77 bits per heavy atom. The van der Waals surface area contributed by atoms with Crippen molar-refractivity contribution < 1.29 is 28.5 Å². The molecule has 30 heavy (non-hydrogen) atoms. The van der Waals surface area contributed by atoms with E-state index in [-0.39, 0.29) is 23.9 Å². The fourth-order valence-corrected chi connectivity index (χ4v) is 4.94. The summed E-state index contributed by atoms with van der Waals surface area (Å²) in [6.45, 7) is 6.59. The second-order valence-electron chi connectivity index (χ2n) is 8.58. The molecule has 2 aliphatic rings. The molecule has 1 aliphatic heterocycles. The fourth-order valence-electron chi connectivity index (χ4n) is 4.94. The number of hydrogen-bond acceptors (Lipinski definition) is 5. The van der Waals surface area contributed by atoms with E-state index in [2.05, 4.69) is 19.1 Å². The number of allylic oxidation sites excluding steroid dienone is 2. The number of ether oxygens (including phenoxy) is 3. The third-order valence-electron chi connectivity index (χ3n) is 6.48. The van der Waals surface area contributed by atoms with Crippen molar-refractivity contribution in [2.45, 2.75) is 109 Å². The van der Waals surface area contributed by atoms with Crippen molar-refractivity contribution >= 4 is 5.97 Å². The normalized spacial score (nSPS) is 32.3. The van der Waals surface area contributed by atoms with Crippen LogP contribution in [0.25, 0.3) is 0 Å². The summed E-state index contributed by atoms with van der Waals surface area (Å²) in [7, 11) is 0. The van der Waals surface area contributed by atoms with Crippen molar-refractivity contribution in [1.29, 1.82) is 0 Å². The van der Waals surface area contributed by atoms with Gasteiger partial charge in [-0.1, -0.05) is 31.9 Å². The molecular weight excluding hydrogens is 387 g/mol. The van der Waals surface area contributed by atoms with Gasteiger partial charge in [-0.25, -0.2) is 4.39 Å². The van der Waals surface area contributed by atoms with Gasteiger partial charge in [0.15, 0.2) is 12.0 Å². The predicted molar refractivity (Wildman–Crippen MR) is 115 cm³/mol. The molecule has 0 aromatic rings. The highest BCUT2D eigenvalue weighted by Gasteiger charge is 2.53. The number of alkyl halides is 1. The summed E-state index contributed by atoms with van der Waals surface area (Å²) < 4.78 is 32.1. The number of unbranched alkanes of at least 4 members (excludes halogenated alkanes) is 2. The van der Waals surface area contributed by atoms with Gasteiger partial charge < -0.3 is 19.3 Å². The first kappa shape index (κ1) is 25.3. The van der Waals surface area contributed by atoms with Crippen LogP contribution in [0.2, 0.25) is 0 Å². The van der Waals surface area contributed by atoms with Gasteiger partial charge in [-0.2, -0.15) is 0 Å². The number of carbonyl (C=O) groups is 1. The third kappa shape index (κ3) is 6.76. The molecule has 1 saturated heterocycles. The van der Waals surface area contributed by atoms with Crippen LogP contribution in [0.3, 0.4) is 0 Å². The number of carbonyl (C=O) groups excluding carboxylic acids is 1. The lowest BCUT2D eigenvalue weighted by molar-refractivity contribution is -0.314. The molecule has 174 valence electrons. The van der Waals surface area contributed by atoms with Crippen LogP contribution in [0.5, 0.6) is 0 Å².